The highest BCUT2D eigenvalue weighted by atomic mass is 16.5. The molecule has 1 fully saturated rings. The molecule has 0 radical (unpaired) electrons. The summed E-state index contributed by atoms with van der Waals surface area (Å²) in [5.41, 5.74) is 1.69. The molecule has 130 valence electrons. The summed E-state index contributed by atoms with van der Waals surface area (Å²) in [6.07, 6.45) is 2.32. The van der Waals surface area contributed by atoms with Crippen LogP contribution in [0, 0.1) is 0 Å². The lowest BCUT2D eigenvalue weighted by Gasteiger charge is -2.12. The number of rotatable bonds is 3. The average molecular weight is 322 g/mol. The monoisotopic (exact) mass is 322 g/mol. The molecule has 0 aliphatic carbocycles. The van der Waals surface area contributed by atoms with E-state index in [-0.39, 0.29) is 11.8 Å². The van der Waals surface area contributed by atoms with E-state index in [4.69, 9.17) is 9.47 Å². The van der Waals surface area contributed by atoms with Crippen molar-refractivity contribution in [3.63, 3.8) is 0 Å². The third-order valence-electron chi connectivity index (χ3n) is 3.70. The van der Waals surface area contributed by atoms with Gasteiger partial charge in [-0.2, -0.15) is 0 Å². The second-order valence-electron chi connectivity index (χ2n) is 4.97. The molecule has 0 spiro atoms. The minimum atomic E-state index is -0.0387. The van der Waals surface area contributed by atoms with Gasteiger partial charge >= 0.3 is 5.69 Å². The van der Waals surface area contributed by atoms with Crippen LogP contribution in [0.1, 0.15) is 40.5 Å². The van der Waals surface area contributed by atoms with Crippen molar-refractivity contribution in [3.05, 3.63) is 28.7 Å². The summed E-state index contributed by atoms with van der Waals surface area (Å²) in [5.74, 6) is 0.744. The molecule has 5 nitrogen and oxygen atoms in total. The van der Waals surface area contributed by atoms with Crippen LogP contribution in [0.25, 0.3) is 11.0 Å². The van der Waals surface area contributed by atoms with Gasteiger partial charge in [0, 0.05) is 20.7 Å². The van der Waals surface area contributed by atoms with Crippen LogP contribution in [0.15, 0.2) is 23.0 Å². The number of para-hydroxylation sites is 1. The Kier molecular flexibility index (Phi) is 7.89. The van der Waals surface area contributed by atoms with Gasteiger partial charge < -0.3 is 9.47 Å². The summed E-state index contributed by atoms with van der Waals surface area (Å²) in [7, 11) is 3.54. The summed E-state index contributed by atoms with van der Waals surface area (Å²) >= 11 is 0. The van der Waals surface area contributed by atoms with Gasteiger partial charge in [0.2, 0.25) is 0 Å². The number of fused-ring (bicyclic) bond motifs is 1. The highest BCUT2D eigenvalue weighted by Crippen LogP contribution is 2.25. The SMILES string of the molecule is CC.CC.Cn1c(=O)n(C)c2c(OCC3CCCO3)cccc21. The number of hydrogen-bond donors (Lipinski definition) is 0. The molecule has 5 heteroatoms. The molecule has 1 atom stereocenters. The molecular weight excluding hydrogens is 292 g/mol. The van der Waals surface area contributed by atoms with Crippen molar-refractivity contribution in [2.45, 2.75) is 46.6 Å². The van der Waals surface area contributed by atoms with Crippen molar-refractivity contribution in [1.82, 2.24) is 9.13 Å². The van der Waals surface area contributed by atoms with Gasteiger partial charge in [-0.3, -0.25) is 9.13 Å². The standard InChI is InChI=1S/C14H18N2O3.2C2H6/c1-15-11-6-3-7-12(13(11)16(2)14(15)17)19-9-10-5-4-8-18-10;2*1-2/h3,6-7,10H,4-5,8-9H2,1-2H3;2*1-2H3. The molecule has 2 aromatic rings. The molecule has 1 aromatic heterocycles. The summed E-state index contributed by atoms with van der Waals surface area (Å²) in [4.78, 5) is 11.9. The van der Waals surface area contributed by atoms with Crippen molar-refractivity contribution in [2.24, 2.45) is 14.1 Å². The maximum atomic E-state index is 11.9. The van der Waals surface area contributed by atoms with E-state index in [0.29, 0.717) is 6.61 Å². The molecule has 1 saturated heterocycles. The third-order valence-corrected chi connectivity index (χ3v) is 3.70. The number of benzene rings is 1. The predicted molar refractivity (Wildman–Crippen MR) is 95.3 cm³/mol. The Bertz CT molecular complexity index is 652. The fraction of sp³-hybridized carbons (Fsp3) is 0.611. The van der Waals surface area contributed by atoms with Crippen LogP contribution in [-0.4, -0.2) is 28.5 Å². The molecule has 1 aliphatic heterocycles. The summed E-state index contributed by atoms with van der Waals surface area (Å²) in [6, 6.07) is 5.74. The summed E-state index contributed by atoms with van der Waals surface area (Å²) in [5, 5.41) is 0. The molecule has 0 bridgehead atoms. The number of nitrogens with zero attached hydrogens (tertiary/aromatic N) is 2. The van der Waals surface area contributed by atoms with Gasteiger partial charge in [-0.25, -0.2) is 4.79 Å². The second kappa shape index (κ2) is 9.40. The van der Waals surface area contributed by atoms with E-state index in [1.807, 2.05) is 45.9 Å². The summed E-state index contributed by atoms with van der Waals surface area (Å²) in [6.45, 7) is 9.37. The lowest BCUT2D eigenvalue weighted by Crippen LogP contribution is -2.19. The van der Waals surface area contributed by atoms with E-state index in [2.05, 4.69) is 0 Å². The number of aromatic nitrogens is 2. The first-order valence-corrected chi connectivity index (χ1v) is 8.57. The van der Waals surface area contributed by atoms with Gasteiger partial charge in [-0.15, -0.1) is 0 Å². The lowest BCUT2D eigenvalue weighted by molar-refractivity contribution is 0.0684. The van der Waals surface area contributed by atoms with Crippen LogP contribution < -0.4 is 10.4 Å². The summed E-state index contributed by atoms with van der Waals surface area (Å²) < 4.78 is 14.7. The quantitative estimate of drug-likeness (QED) is 0.869. The largest absolute Gasteiger partial charge is 0.489 e. The minimum Gasteiger partial charge on any atom is -0.489 e. The number of aryl methyl sites for hydroxylation is 2. The average Bonchev–Trinajstić information content (AvgIpc) is 3.21. The Morgan fingerprint density at radius 1 is 1.17 bits per heavy atom. The number of imidazole rings is 1. The van der Waals surface area contributed by atoms with Crippen LogP contribution >= 0.6 is 0 Å². The molecule has 1 unspecified atom stereocenters. The Balaban J connectivity index is 0.000000615. The van der Waals surface area contributed by atoms with Crippen LogP contribution in [0.2, 0.25) is 0 Å². The van der Waals surface area contributed by atoms with E-state index < -0.39 is 0 Å². The maximum Gasteiger partial charge on any atom is 0.328 e. The molecule has 0 saturated carbocycles. The van der Waals surface area contributed by atoms with E-state index in [1.54, 1.807) is 23.2 Å². The number of hydrogen-bond acceptors (Lipinski definition) is 3. The Morgan fingerprint density at radius 3 is 2.48 bits per heavy atom. The number of ether oxygens (including phenoxy) is 2. The molecule has 1 aliphatic rings. The zero-order chi connectivity index (χ0) is 17.4. The van der Waals surface area contributed by atoms with Crippen LogP contribution in [-0.2, 0) is 18.8 Å². The van der Waals surface area contributed by atoms with Crippen molar-refractivity contribution < 1.29 is 9.47 Å². The Morgan fingerprint density at radius 2 is 1.87 bits per heavy atom. The fourth-order valence-electron chi connectivity index (χ4n) is 2.62. The first kappa shape index (κ1) is 19.3. The van der Waals surface area contributed by atoms with Gasteiger partial charge in [0.15, 0.2) is 0 Å². The van der Waals surface area contributed by atoms with Crippen molar-refractivity contribution in [2.75, 3.05) is 13.2 Å². The second-order valence-corrected chi connectivity index (χ2v) is 4.97. The molecule has 1 aromatic carbocycles. The first-order chi connectivity index (χ1) is 11.2. The zero-order valence-corrected chi connectivity index (χ0v) is 15.3. The normalized spacial score (nSPS) is 16.3. The van der Waals surface area contributed by atoms with Crippen LogP contribution in [0.4, 0.5) is 0 Å². The van der Waals surface area contributed by atoms with Gasteiger partial charge in [-0.05, 0) is 25.0 Å². The van der Waals surface area contributed by atoms with Crippen molar-refractivity contribution >= 4 is 11.0 Å². The van der Waals surface area contributed by atoms with Crippen molar-refractivity contribution in [3.8, 4) is 5.75 Å². The van der Waals surface area contributed by atoms with Crippen molar-refractivity contribution in [1.29, 1.82) is 0 Å². The Hall–Kier alpha value is -1.75. The minimum absolute atomic E-state index is 0.0387. The molecule has 2 heterocycles. The van der Waals surface area contributed by atoms with Gasteiger partial charge in [-0.1, -0.05) is 33.8 Å². The van der Waals surface area contributed by atoms with Gasteiger partial charge in [0.05, 0.1) is 11.6 Å². The smallest absolute Gasteiger partial charge is 0.328 e. The third kappa shape index (κ3) is 4.16. The van der Waals surface area contributed by atoms with E-state index in [9.17, 15) is 4.79 Å². The van der Waals surface area contributed by atoms with Crippen LogP contribution in [0.3, 0.4) is 0 Å². The Labute approximate surface area is 138 Å². The van der Waals surface area contributed by atoms with Gasteiger partial charge in [0.1, 0.15) is 17.9 Å². The lowest BCUT2D eigenvalue weighted by atomic mass is 10.2. The fourth-order valence-corrected chi connectivity index (χ4v) is 2.62. The zero-order valence-electron chi connectivity index (χ0n) is 15.3. The van der Waals surface area contributed by atoms with Gasteiger partial charge in [0.25, 0.3) is 0 Å². The predicted octanol–water partition coefficient (Wildman–Crippen LogP) is 3.49. The molecule has 0 amide bonds. The highest BCUT2D eigenvalue weighted by molar-refractivity contribution is 5.82. The molecule has 0 N–H and O–H groups in total. The highest BCUT2D eigenvalue weighted by Gasteiger charge is 2.18. The molecule has 23 heavy (non-hydrogen) atoms. The molecule has 3 rings (SSSR count). The maximum absolute atomic E-state index is 11.9. The first-order valence-electron chi connectivity index (χ1n) is 8.57. The topological polar surface area (TPSA) is 45.4 Å². The van der Waals surface area contributed by atoms with E-state index in [1.165, 1.54) is 0 Å². The van der Waals surface area contributed by atoms with Crippen LogP contribution in [0.5, 0.6) is 5.75 Å². The molecular formula is C18H30N2O3. The van der Waals surface area contributed by atoms with E-state index in [0.717, 1.165) is 36.2 Å². The van der Waals surface area contributed by atoms with E-state index >= 15 is 0 Å².